The lowest BCUT2D eigenvalue weighted by Crippen LogP contribution is -2.09. The van der Waals surface area contributed by atoms with Gasteiger partial charge in [-0.05, 0) is 78.4 Å². The van der Waals surface area contributed by atoms with E-state index in [1.54, 1.807) is 6.07 Å². The first kappa shape index (κ1) is 23.2. The number of para-hydroxylation sites is 1. The average molecular weight is 488 g/mol. The Hall–Kier alpha value is -3.58. The first-order valence-electron chi connectivity index (χ1n) is 11.8. The van der Waals surface area contributed by atoms with Gasteiger partial charge in [-0.15, -0.1) is 0 Å². The zero-order valence-corrected chi connectivity index (χ0v) is 21.2. The molecule has 0 bridgehead atoms. The minimum atomic E-state index is -3.38. The van der Waals surface area contributed by atoms with Crippen LogP contribution < -0.4 is 9.46 Å². The van der Waals surface area contributed by atoms with Gasteiger partial charge in [-0.1, -0.05) is 37.3 Å². The van der Waals surface area contributed by atoms with Crippen LogP contribution in [0, 0.1) is 0 Å². The maximum Gasteiger partial charge on any atom is 0.229 e. The Bertz CT molecular complexity index is 1570. The second-order valence-corrected chi connectivity index (χ2v) is 10.9. The SMILES string of the molecule is CC/C(=C1/c2cc3cnn(C(C)C)c3cc2COc2ccccc21)c1cccc(NS(C)(=O)=O)c1. The predicted molar refractivity (Wildman–Crippen MR) is 142 cm³/mol. The molecule has 1 N–H and O–H groups in total. The molecule has 2 heterocycles. The number of sulfonamides is 1. The van der Waals surface area contributed by atoms with Crippen LogP contribution in [0.15, 0.2) is 66.9 Å². The number of fused-ring (bicyclic) bond motifs is 3. The van der Waals surface area contributed by atoms with Crippen molar-refractivity contribution >= 4 is 37.8 Å². The Morgan fingerprint density at radius 1 is 1.09 bits per heavy atom. The maximum absolute atomic E-state index is 11.9. The van der Waals surface area contributed by atoms with Crippen molar-refractivity contribution in [3.63, 3.8) is 0 Å². The van der Waals surface area contributed by atoms with Gasteiger partial charge in [-0.2, -0.15) is 5.10 Å². The molecule has 0 radical (unpaired) electrons. The fraction of sp³-hybridized carbons (Fsp3) is 0.250. The van der Waals surface area contributed by atoms with Crippen molar-refractivity contribution in [3.05, 3.63) is 89.1 Å². The number of anilines is 1. The van der Waals surface area contributed by atoms with E-state index in [9.17, 15) is 8.42 Å². The second kappa shape index (κ2) is 8.89. The van der Waals surface area contributed by atoms with E-state index in [0.29, 0.717) is 12.3 Å². The van der Waals surface area contributed by atoms with Gasteiger partial charge in [0.05, 0.1) is 18.0 Å². The van der Waals surface area contributed by atoms with E-state index in [2.05, 4.69) is 48.8 Å². The van der Waals surface area contributed by atoms with Crippen molar-refractivity contribution in [1.29, 1.82) is 0 Å². The molecule has 0 saturated carbocycles. The summed E-state index contributed by atoms with van der Waals surface area (Å²) in [6, 6.07) is 20.4. The molecule has 0 spiro atoms. The van der Waals surface area contributed by atoms with E-state index in [-0.39, 0.29) is 6.04 Å². The molecule has 0 atom stereocenters. The zero-order valence-electron chi connectivity index (χ0n) is 20.4. The number of nitrogens with zero attached hydrogens (tertiary/aromatic N) is 2. The fourth-order valence-electron chi connectivity index (χ4n) is 4.83. The van der Waals surface area contributed by atoms with Crippen molar-refractivity contribution in [2.24, 2.45) is 0 Å². The normalized spacial score (nSPS) is 14.8. The quantitative estimate of drug-likeness (QED) is 0.361. The van der Waals surface area contributed by atoms with Gasteiger partial charge in [0.15, 0.2) is 0 Å². The summed E-state index contributed by atoms with van der Waals surface area (Å²) >= 11 is 0. The van der Waals surface area contributed by atoms with Gasteiger partial charge in [0.25, 0.3) is 0 Å². The van der Waals surface area contributed by atoms with Crippen LogP contribution >= 0.6 is 0 Å². The molecule has 1 aliphatic heterocycles. The number of rotatable bonds is 5. The van der Waals surface area contributed by atoms with Gasteiger partial charge in [-0.25, -0.2) is 8.42 Å². The smallest absolute Gasteiger partial charge is 0.229 e. The molecule has 1 aliphatic rings. The van der Waals surface area contributed by atoms with Crippen LogP contribution in [0.5, 0.6) is 5.75 Å². The van der Waals surface area contributed by atoms with E-state index in [4.69, 9.17) is 4.74 Å². The Morgan fingerprint density at radius 3 is 2.63 bits per heavy atom. The molecule has 0 unspecified atom stereocenters. The van der Waals surface area contributed by atoms with Gasteiger partial charge in [-0.3, -0.25) is 9.40 Å². The molecule has 0 amide bonds. The summed E-state index contributed by atoms with van der Waals surface area (Å²) in [5.74, 6) is 0.838. The first-order valence-corrected chi connectivity index (χ1v) is 13.7. The highest BCUT2D eigenvalue weighted by Crippen LogP contribution is 2.43. The third-order valence-electron chi connectivity index (χ3n) is 6.29. The lowest BCUT2D eigenvalue weighted by molar-refractivity contribution is 0.307. The summed E-state index contributed by atoms with van der Waals surface area (Å²) in [5.41, 5.74) is 8.07. The summed E-state index contributed by atoms with van der Waals surface area (Å²) in [6.45, 7) is 6.84. The van der Waals surface area contributed by atoms with Crippen molar-refractivity contribution in [2.75, 3.05) is 11.0 Å². The number of ether oxygens (including phenoxy) is 1. The molecule has 180 valence electrons. The molecule has 0 fully saturated rings. The van der Waals surface area contributed by atoms with Crippen molar-refractivity contribution < 1.29 is 13.2 Å². The highest BCUT2D eigenvalue weighted by molar-refractivity contribution is 7.92. The monoisotopic (exact) mass is 487 g/mol. The highest BCUT2D eigenvalue weighted by Gasteiger charge is 2.24. The second-order valence-electron chi connectivity index (χ2n) is 9.20. The van der Waals surface area contributed by atoms with E-state index >= 15 is 0 Å². The van der Waals surface area contributed by atoms with Gasteiger partial charge >= 0.3 is 0 Å². The van der Waals surface area contributed by atoms with Gasteiger partial charge < -0.3 is 4.74 Å². The molecule has 0 aliphatic carbocycles. The highest BCUT2D eigenvalue weighted by atomic mass is 32.2. The molecule has 0 saturated heterocycles. The average Bonchev–Trinajstić information content (AvgIpc) is 3.16. The molecule has 1 aromatic heterocycles. The summed E-state index contributed by atoms with van der Waals surface area (Å²) in [5, 5.41) is 5.70. The first-order chi connectivity index (χ1) is 16.7. The van der Waals surface area contributed by atoms with E-state index in [0.717, 1.165) is 62.7 Å². The third kappa shape index (κ3) is 4.44. The van der Waals surface area contributed by atoms with E-state index < -0.39 is 10.0 Å². The number of benzene rings is 3. The van der Waals surface area contributed by atoms with Crippen LogP contribution in [0.1, 0.15) is 55.5 Å². The Labute approximate surface area is 206 Å². The minimum absolute atomic E-state index is 0.251. The van der Waals surface area contributed by atoms with Crippen LogP contribution in [0.4, 0.5) is 5.69 Å². The summed E-state index contributed by atoms with van der Waals surface area (Å²) in [7, 11) is -3.38. The van der Waals surface area contributed by atoms with Crippen molar-refractivity contribution in [1.82, 2.24) is 9.78 Å². The Kier molecular flexibility index (Phi) is 5.89. The summed E-state index contributed by atoms with van der Waals surface area (Å²) < 4.78 is 34.6. The molecule has 5 rings (SSSR count). The van der Waals surface area contributed by atoms with Gasteiger partial charge in [0.1, 0.15) is 12.4 Å². The molecular formula is C28H29N3O3S. The van der Waals surface area contributed by atoms with Crippen LogP contribution in [0.25, 0.3) is 22.0 Å². The van der Waals surface area contributed by atoms with Crippen LogP contribution in [0.3, 0.4) is 0 Å². The Balaban J connectivity index is 1.80. The van der Waals surface area contributed by atoms with Crippen LogP contribution in [-0.4, -0.2) is 24.5 Å². The zero-order chi connectivity index (χ0) is 24.7. The van der Waals surface area contributed by atoms with Crippen LogP contribution in [-0.2, 0) is 16.6 Å². The van der Waals surface area contributed by atoms with E-state index in [1.165, 1.54) is 0 Å². The lowest BCUT2D eigenvalue weighted by atomic mass is 9.86. The molecule has 3 aromatic carbocycles. The van der Waals surface area contributed by atoms with Crippen molar-refractivity contribution in [2.45, 2.75) is 39.8 Å². The largest absolute Gasteiger partial charge is 0.488 e. The Morgan fingerprint density at radius 2 is 1.89 bits per heavy atom. The van der Waals surface area contributed by atoms with Crippen LogP contribution in [0.2, 0.25) is 0 Å². The number of allylic oxidation sites excluding steroid dienone is 1. The van der Waals surface area contributed by atoms with Crippen molar-refractivity contribution in [3.8, 4) is 5.75 Å². The molecule has 4 aromatic rings. The molecule has 6 nitrogen and oxygen atoms in total. The van der Waals surface area contributed by atoms with E-state index in [1.807, 2.05) is 47.3 Å². The molecule has 7 heteroatoms. The predicted octanol–water partition coefficient (Wildman–Crippen LogP) is 6.25. The minimum Gasteiger partial charge on any atom is -0.488 e. The number of hydrogen-bond acceptors (Lipinski definition) is 4. The number of hydrogen-bond donors (Lipinski definition) is 1. The number of aromatic nitrogens is 2. The van der Waals surface area contributed by atoms with Gasteiger partial charge in [0.2, 0.25) is 10.0 Å². The topological polar surface area (TPSA) is 73.2 Å². The van der Waals surface area contributed by atoms with Gasteiger partial charge in [0, 0.05) is 22.7 Å². The number of nitrogens with one attached hydrogen (secondary N) is 1. The fourth-order valence-corrected chi connectivity index (χ4v) is 5.39. The standard InChI is InChI=1S/C28H29N3O3S/c1-5-23(19-9-8-10-22(13-19)30-35(4,32)33)28-24-11-6-7-12-27(24)34-17-21-15-26-20(14-25(21)28)16-29-31(26)18(2)3/h6-16,18,30H,5,17H2,1-4H3/b28-23-. The molecule has 35 heavy (non-hydrogen) atoms. The lowest BCUT2D eigenvalue weighted by Gasteiger charge is -2.18. The molecular weight excluding hydrogens is 458 g/mol. The summed E-state index contributed by atoms with van der Waals surface area (Å²) in [4.78, 5) is 0. The summed E-state index contributed by atoms with van der Waals surface area (Å²) in [6.07, 6.45) is 3.85. The third-order valence-corrected chi connectivity index (χ3v) is 6.89. The maximum atomic E-state index is 11.9.